The highest BCUT2D eigenvalue weighted by molar-refractivity contribution is 14.1. The number of alkyl halides is 1. The number of piperazine rings is 1. The van der Waals surface area contributed by atoms with Gasteiger partial charge in [-0.2, -0.15) is 0 Å². The van der Waals surface area contributed by atoms with Crippen LogP contribution in [0.15, 0.2) is 0 Å². The lowest BCUT2D eigenvalue weighted by Crippen LogP contribution is -2.64. The molecule has 1 heterocycles. The van der Waals surface area contributed by atoms with Crippen molar-refractivity contribution in [1.82, 2.24) is 8.84 Å². The van der Waals surface area contributed by atoms with E-state index in [1.165, 1.54) is 3.94 Å². The molecule has 1 aliphatic heterocycles. The van der Waals surface area contributed by atoms with Gasteiger partial charge in [-0.1, -0.05) is 0 Å². The van der Waals surface area contributed by atoms with Crippen molar-refractivity contribution >= 4 is 52.1 Å². The summed E-state index contributed by atoms with van der Waals surface area (Å²) in [5.41, 5.74) is -0.271. The lowest BCUT2D eigenvalue weighted by Gasteiger charge is -2.47. The van der Waals surface area contributed by atoms with E-state index in [0.717, 1.165) is 41.8 Å². The van der Waals surface area contributed by atoms with Crippen LogP contribution >= 0.6 is 46.1 Å². The average molecular weight is 409 g/mol. The number of hydrogen-bond acceptors (Lipinski definition) is 2. The summed E-state index contributed by atoms with van der Waals surface area (Å²) in [5, 5.41) is 0. The van der Waals surface area contributed by atoms with Gasteiger partial charge in [-0.3, -0.25) is 4.79 Å². The summed E-state index contributed by atoms with van der Waals surface area (Å²) >= 11 is 14.2. The minimum atomic E-state index is -0.271. The Labute approximate surface area is 133 Å². The van der Waals surface area contributed by atoms with Crippen molar-refractivity contribution in [3.8, 4) is 0 Å². The van der Waals surface area contributed by atoms with Crippen molar-refractivity contribution in [2.45, 2.75) is 26.3 Å². The zero-order chi connectivity index (χ0) is 14.0. The summed E-state index contributed by atoms with van der Waals surface area (Å²) in [6.45, 7) is 10.2. The molecule has 0 N–H and O–H groups in total. The van der Waals surface area contributed by atoms with E-state index in [1.807, 2.05) is 18.7 Å². The van der Waals surface area contributed by atoms with E-state index in [2.05, 4.69) is 22.6 Å². The Hall–Kier alpha value is 0.700. The van der Waals surface area contributed by atoms with E-state index >= 15 is 0 Å². The third-order valence-corrected chi connectivity index (χ3v) is 5.93. The summed E-state index contributed by atoms with van der Waals surface area (Å²) in [6, 6.07) is 0. The van der Waals surface area contributed by atoms with Gasteiger partial charge in [0.2, 0.25) is 5.91 Å². The number of hydrogen-bond donors (Lipinski definition) is 0. The van der Waals surface area contributed by atoms with Gasteiger partial charge in [0.15, 0.2) is 0 Å². The average Bonchev–Trinajstić information content (AvgIpc) is 2.29. The van der Waals surface area contributed by atoms with Gasteiger partial charge >= 0.3 is 0 Å². The summed E-state index contributed by atoms with van der Waals surface area (Å²) in [5.74, 6) is 0.164. The number of nitrogens with zero attached hydrogens (tertiary/aromatic N) is 3. The molecule has 106 valence electrons. The first kappa shape index (κ1) is 16.8. The molecule has 0 radical (unpaired) electrons. The van der Waals surface area contributed by atoms with E-state index in [9.17, 15) is 4.79 Å². The maximum Gasteiger partial charge on any atom is 0.219 e. The smallest absolute Gasteiger partial charge is 0.219 e. The van der Waals surface area contributed by atoms with E-state index in [0.29, 0.717) is 0 Å². The first-order valence-corrected chi connectivity index (χ1v) is 8.21. The molecule has 18 heavy (non-hydrogen) atoms. The van der Waals surface area contributed by atoms with Crippen molar-refractivity contribution in [1.29, 1.82) is 0 Å². The van der Waals surface area contributed by atoms with Crippen LogP contribution in [0.1, 0.15) is 20.8 Å². The molecule has 0 saturated carbocycles. The van der Waals surface area contributed by atoms with Crippen molar-refractivity contribution in [2.75, 3.05) is 37.3 Å². The molecule has 0 bridgehead atoms. The fourth-order valence-electron chi connectivity index (χ4n) is 2.40. The van der Waals surface area contributed by atoms with Crippen LogP contribution in [0.3, 0.4) is 0 Å². The summed E-state index contributed by atoms with van der Waals surface area (Å²) in [4.78, 5) is 13.3. The highest BCUT2D eigenvalue weighted by atomic mass is 127. The van der Waals surface area contributed by atoms with Crippen LogP contribution in [-0.4, -0.2) is 62.0 Å². The number of quaternary nitrogens is 1. The van der Waals surface area contributed by atoms with Crippen molar-refractivity contribution in [2.24, 2.45) is 0 Å². The molecule has 0 unspecified atom stereocenters. The topological polar surface area (TPSA) is 23.6 Å². The molecule has 0 atom stereocenters. The first-order valence-electron chi connectivity index (χ1n) is 6.01. The molecular weight excluding hydrogens is 388 g/mol. The number of amides is 1. The highest BCUT2D eigenvalue weighted by Gasteiger charge is 2.40. The Kier molecular flexibility index (Phi) is 5.99. The van der Waals surface area contributed by atoms with Crippen LogP contribution in [0.5, 0.6) is 0 Å². The van der Waals surface area contributed by atoms with Crippen LogP contribution in [0, 0.1) is 0 Å². The SMILES string of the molecule is CC(=O)N1CC[N+](CI)(CC(C)(C)N(Cl)Cl)CC1. The molecule has 1 aliphatic rings. The number of carbonyl (C=O) groups excluding carboxylic acids is 1. The Bertz CT molecular complexity index is 305. The van der Waals surface area contributed by atoms with Gasteiger partial charge in [0.1, 0.15) is 11.1 Å². The zero-order valence-corrected chi connectivity index (χ0v) is 14.8. The summed E-state index contributed by atoms with van der Waals surface area (Å²) in [6.07, 6.45) is 0. The molecule has 1 rings (SSSR count). The Morgan fingerprint density at radius 1 is 1.39 bits per heavy atom. The molecule has 0 aromatic carbocycles. The second-order valence-electron chi connectivity index (χ2n) is 5.62. The minimum absolute atomic E-state index is 0.164. The number of halogens is 3. The maximum absolute atomic E-state index is 11.4. The first-order chi connectivity index (χ1) is 8.22. The third kappa shape index (κ3) is 4.10. The molecule has 7 heteroatoms. The van der Waals surface area contributed by atoms with E-state index in [1.54, 1.807) is 6.92 Å². The van der Waals surface area contributed by atoms with Crippen LogP contribution in [0.4, 0.5) is 0 Å². The van der Waals surface area contributed by atoms with Crippen molar-refractivity contribution in [3.63, 3.8) is 0 Å². The molecule has 0 aromatic rings. The van der Waals surface area contributed by atoms with Crippen molar-refractivity contribution < 1.29 is 9.28 Å². The standard InChI is InChI=1S/C11H21Cl2IN3O/c1-10(18)15-4-6-17(9-14,7-5-15)8-11(2,3)16(12)13/h4-9H2,1-3H3/q+1. The predicted molar refractivity (Wildman–Crippen MR) is 83.6 cm³/mol. The molecule has 1 amide bonds. The largest absolute Gasteiger partial charge is 0.332 e. The zero-order valence-electron chi connectivity index (χ0n) is 11.1. The predicted octanol–water partition coefficient (Wildman–Crippen LogP) is 2.45. The normalized spacial score (nSPS) is 20.3. The second-order valence-corrected chi connectivity index (χ2v) is 7.15. The van der Waals surface area contributed by atoms with Crippen LogP contribution in [-0.2, 0) is 4.79 Å². The summed E-state index contributed by atoms with van der Waals surface area (Å²) < 4.78 is 3.21. The molecule has 1 saturated heterocycles. The third-order valence-electron chi connectivity index (χ3n) is 3.57. The second kappa shape index (κ2) is 6.43. The van der Waals surface area contributed by atoms with Gasteiger partial charge in [-0.05, 0) is 60.0 Å². The summed E-state index contributed by atoms with van der Waals surface area (Å²) in [7, 11) is 0. The van der Waals surface area contributed by atoms with Gasteiger partial charge in [-0.25, -0.2) is 0 Å². The van der Waals surface area contributed by atoms with Crippen LogP contribution in [0.25, 0.3) is 0 Å². The molecule has 0 aromatic heterocycles. The quantitative estimate of drug-likeness (QED) is 0.234. The Morgan fingerprint density at radius 3 is 2.22 bits per heavy atom. The van der Waals surface area contributed by atoms with E-state index in [-0.39, 0.29) is 11.4 Å². The van der Waals surface area contributed by atoms with Gasteiger partial charge in [0.05, 0.1) is 31.7 Å². The highest BCUT2D eigenvalue weighted by Crippen LogP contribution is 2.27. The van der Waals surface area contributed by atoms with Crippen molar-refractivity contribution in [3.05, 3.63) is 0 Å². The van der Waals surface area contributed by atoms with E-state index < -0.39 is 0 Å². The maximum atomic E-state index is 11.4. The minimum Gasteiger partial charge on any atom is -0.332 e. The van der Waals surface area contributed by atoms with Gasteiger partial charge in [-0.15, -0.1) is 3.94 Å². The molecule has 0 aliphatic carbocycles. The lowest BCUT2D eigenvalue weighted by atomic mass is 10.0. The molecule has 1 fully saturated rings. The van der Waals surface area contributed by atoms with Crippen LogP contribution in [0.2, 0.25) is 0 Å². The molecule has 0 spiro atoms. The van der Waals surface area contributed by atoms with Crippen LogP contribution < -0.4 is 0 Å². The van der Waals surface area contributed by atoms with E-state index in [4.69, 9.17) is 23.6 Å². The van der Waals surface area contributed by atoms with Gasteiger partial charge < -0.3 is 9.38 Å². The fraction of sp³-hybridized carbons (Fsp3) is 0.909. The Morgan fingerprint density at radius 2 is 1.89 bits per heavy atom. The molecular formula is C11H21Cl2IN3O+. The lowest BCUT2D eigenvalue weighted by molar-refractivity contribution is -0.920. The molecule has 4 nitrogen and oxygen atoms in total. The monoisotopic (exact) mass is 408 g/mol. The van der Waals surface area contributed by atoms with Gasteiger partial charge in [0.25, 0.3) is 0 Å². The number of rotatable bonds is 4. The number of carbonyl (C=O) groups is 1. The Balaban J connectivity index is 2.69. The van der Waals surface area contributed by atoms with Gasteiger partial charge in [0, 0.05) is 6.92 Å². The fourth-order valence-corrected chi connectivity index (χ4v) is 3.43.